The van der Waals surface area contributed by atoms with Crippen molar-refractivity contribution in [3.05, 3.63) is 112 Å². The summed E-state index contributed by atoms with van der Waals surface area (Å²) in [7, 11) is 6.46. The maximum atomic E-state index is 6.23. The van der Waals surface area contributed by atoms with Gasteiger partial charge in [-0.15, -0.1) is 0 Å². The molecule has 0 spiro atoms. The third-order valence-corrected chi connectivity index (χ3v) is 8.12. The zero-order chi connectivity index (χ0) is 31.5. The van der Waals surface area contributed by atoms with Crippen molar-refractivity contribution in [2.75, 3.05) is 33.4 Å². The Morgan fingerprint density at radius 1 is 0.578 bits per heavy atom. The van der Waals surface area contributed by atoms with Gasteiger partial charge in [0, 0.05) is 27.6 Å². The van der Waals surface area contributed by atoms with Crippen LogP contribution in [0.1, 0.15) is 23.6 Å². The van der Waals surface area contributed by atoms with Crippen LogP contribution >= 0.6 is 23.2 Å². The first-order chi connectivity index (χ1) is 21.9. The number of nitrogens with zero attached hydrogens (tertiary/aromatic N) is 4. The first kappa shape index (κ1) is 30.2. The van der Waals surface area contributed by atoms with E-state index in [9.17, 15) is 0 Å². The number of hydrazone groups is 1. The van der Waals surface area contributed by atoms with E-state index >= 15 is 0 Å². The minimum atomic E-state index is -0.241. The van der Waals surface area contributed by atoms with Crippen molar-refractivity contribution < 1.29 is 18.9 Å². The zero-order valence-electron chi connectivity index (χ0n) is 25.1. The Bertz CT molecular complexity index is 1860. The highest BCUT2D eigenvalue weighted by atomic mass is 35.5. The lowest BCUT2D eigenvalue weighted by atomic mass is 9.98. The van der Waals surface area contributed by atoms with Gasteiger partial charge in [-0.1, -0.05) is 53.5 Å². The van der Waals surface area contributed by atoms with Crippen LogP contribution in [-0.4, -0.2) is 44.1 Å². The SMILES string of the molecule is COc1ccc(-c2cc(-c3ccc(Cl)cc3)nc(N3N=C(c4ccc(Cl)cc4)CC3c3ccc(OC)c(OC)c3)n2)cc1OC. The number of aromatic nitrogens is 2. The Kier molecular flexibility index (Phi) is 8.78. The van der Waals surface area contributed by atoms with Crippen LogP contribution < -0.4 is 24.0 Å². The smallest absolute Gasteiger partial charge is 0.247 e. The van der Waals surface area contributed by atoms with Gasteiger partial charge in [-0.05, 0) is 71.8 Å². The van der Waals surface area contributed by atoms with Gasteiger partial charge in [0.15, 0.2) is 23.0 Å². The number of rotatable bonds is 9. The summed E-state index contributed by atoms with van der Waals surface area (Å²) in [6.45, 7) is 0. The molecule has 2 heterocycles. The normalized spacial score (nSPS) is 14.2. The molecule has 1 aliphatic heterocycles. The lowest BCUT2D eigenvalue weighted by Gasteiger charge is -2.24. The van der Waals surface area contributed by atoms with Gasteiger partial charge in [-0.25, -0.2) is 15.0 Å². The summed E-state index contributed by atoms with van der Waals surface area (Å²) in [5.41, 5.74) is 5.91. The van der Waals surface area contributed by atoms with Crippen LogP contribution in [0.5, 0.6) is 23.0 Å². The molecule has 5 aromatic rings. The summed E-state index contributed by atoms with van der Waals surface area (Å²) in [6.07, 6.45) is 0.595. The van der Waals surface area contributed by atoms with E-state index in [1.54, 1.807) is 28.4 Å². The molecular weight excluding hydrogens is 611 g/mol. The largest absolute Gasteiger partial charge is 0.493 e. The summed E-state index contributed by atoms with van der Waals surface area (Å²) in [4.78, 5) is 10.1. The molecule has 6 rings (SSSR count). The Morgan fingerprint density at radius 2 is 1.09 bits per heavy atom. The second-order valence-electron chi connectivity index (χ2n) is 10.2. The minimum Gasteiger partial charge on any atom is -0.493 e. The van der Waals surface area contributed by atoms with Crippen molar-refractivity contribution in [2.45, 2.75) is 12.5 Å². The van der Waals surface area contributed by atoms with Crippen molar-refractivity contribution in [1.29, 1.82) is 0 Å². The zero-order valence-corrected chi connectivity index (χ0v) is 26.6. The molecule has 1 aromatic heterocycles. The number of hydrogen-bond donors (Lipinski definition) is 0. The Labute approximate surface area is 271 Å². The molecular formula is C35H30Cl2N4O4. The first-order valence-corrected chi connectivity index (χ1v) is 14.9. The van der Waals surface area contributed by atoms with E-state index < -0.39 is 0 Å². The number of benzene rings is 4. The molecule has 1 aliphatic rings. The molecule has 0 amide bonds. The summed E-state index contributed by atoms with van der Waals surface area (Å²) in [5, 5.41) is 8.27. The van der Waals surface area contributed by atoms with Gasteiger partial charge in [0.25, 0.3) is 0 Å². The van der Waals surface area contributed by atoms with Crippen LogP contribution in [0.3, 0.4) is 0 Å². The summed E-state index contributed by atoms with van der Waals surface area (Å²) in [6, 6.07) is 28.5. The van der Waals surface area contributed by atoms with E-state index in [1.165, 1.54) is 0 Å². The summed E-state index contributed by atoms with van der Waals surface area (Å²) < 4.78 is 22.2. The third-order valence-electron chi connectivity index (χ3n) is 7.62. The van der Waals surface area contributed by atoms with E-state index in [1.807, 2.05) is 96.0 Å². The fourth-order valence-electron chi connectivity index (χ4n) is 5.28. The quantitative estimate of drug-likeness (QED) is 0.160. The first-order valence-electron chi connectivity index (χ1n) is 14.1. The molecule has 10 heteroatoms. The van der Waals surface area contributed by atoms with Gasteiger partial charge in [-0.2, -0.15) is 5.10 Å². The van der Waals surface area contributed by atoms with Crippen molar-refractivity contribution in [3.63, 3.8) is 0 Å². The summed E-state index contributed by atoms with van der Waals surface area (Å²) in [5.74, 6) is 2.91. The molecule has 0 fully saturated rings. The van der Waals surface area contributed by atoms with Crippen molar-refractivity contribution in [1.82, 2.24) is 9.97 Å². The highest BCUT2D eigenvalue weighted by molar-refractivity contribution is 6.31. The molecule has 0 saturated heterocycles. The second kappa shape index (κ2) is 13.1. The van der Waals surface area contributed by atoms with Crippen LogP contribution in [0, 0.1) is 0 Å². The predicted molar refractivity (Wildman–Crippen MR) is 178 cm³/mol. The predicted octanol–water partition coefficient (Wildman–Crippen LogP) is 8.51. The van der Waals surface area contributed by atoms with Gasteiger partial charge in [-0.3, -0.25) is 0 Å². The van der Waals surface area contributed by atoms with Crippen LogP contribution in [0.4, 0.5) is 5.95 Å². The molecule has 0 aliphatic carbocycles. The van der Waals surface area contributed by atoms with E-state index in [0.717, 1.165) is 28.0 Å². The highest BCUT2D eigenvalue weighted by Gasteiger charge is 2.33. The molecule has 228 valence electrons. The van der Waals surface area contributed by atoms with Crippen LogP contribution in [-0.2, 0) is 0 Å². The maximum absolute atomic E-state index is 6.23. The third kappa shape index (κ3) is 6.25. The van der Waals surface area contributed by atoms with Gasteiger partial charge in [0.05, 0.1) is 51.6 Å². The lowest BCUT2D eigenvalue weighted by molar-refractivity contribution is 0.354. The van der Waals surface area contributed by atoms with Crippen LogP contribution in [0.2, 0.25) is 10.0 Å². The average Bonchev–Trinajstić information content (AvgIpc) is 3.53. The van der Waals surface area contributed by atoms with Gasteiger partial charge in [0.1, 0.15) is 0 Å². The second-order valence-corrected chi connectivity index (χ2v) is 11.1. The van der Waals surface area contributed by atoms with E-state index in [-0.39, 0.29) is 6.04 Å². The number of ether oxygens (including phenoxy) is 4. The highest BCUT2D eigenvalue weighted by Crippen LogP contribution is 2.41. The number of anilines is 1. The molecule has 0 radical (unpaired) electrons. The number of methoxy groups -OCH3 is 4. The molecule has 0 bridgehead atoms. The molecule has 0 saturated carbocycles. The topological polar surface area (TPSA) is 78.3 Å². The van der Waals surface area contributed by atoms with E-state index in [4.69, 9.17) is 57.2 Å². The fourth-order valence-corrected chi connectivity index (χ4v) is 5.53. The molecule has 4 aromatic carbocycles. The van der Waals surface area contributed by atoms with Crippen molar-refractivity contribution >= 4 is 34.9 Å². The van der Waals surface area contributed by atoms with Gasteiger partial charge < -0.3 is 18.9 Å². The summed E-state index contributed by atoms with van der Waals surface area (Å²) >= 11 is 12.4. The Hall–Kier alpha value is -4.79. The molecule has 8 nitrogen and oxygen atoms in total. The Balaban J connectivity index is 1.53. The minimum absolute atomic E-state index is 0.241. The standard InChI is InChI=1S/C35H30Cl2N4O4/c1-42-31-15-9-23(17-33(31)44-3)28-19-27(21-5-11-25(36)12-6-21)38-35(39-28)41-30(24-10-16-32(43-2)34(18-24)45-4)20-29(40-41)22-7-13-26(37)14-8-22/h5-19,30H,20H2,1-4H3. The van der Waals surface area contributed by atoms with Crippen LogP contribution in [0.15, 0.2) is 96.1 Å². The van der Waals surface area contributed by atoms with E-state index in [2.05, 4.69) is 0 Å². The fraction of sp³-hybridized carbons (Fsp3) is 0.171. The molecule has 45 heavy (non-hydrogen) atoms. The van der Waals surface area contributed by atoms with Gasteiger partial charge >= 0.3 is 0 Å². The average molecular weight is 642 g/mol. The monoisotopic (exact) mass is 640 g/mol. The maximum Gasteiger partial charge on any atom is 0.247 e. The molecule has 1 atom stereocenters. The van der Waals surface area contributed by atoms with Gasteiger partial charge in [0.2, 0.25) is 5.95 Å². The molecule has 1 unspecified atom stereocenters. The van der Waals surface area contributed by atoms with Crippen LogP contribution in [0.25, 0.3) is 22.5 Å². The van der Waals surface area contributed by atoms with E-state index in [0.29, 0.717) is 56.8 Å². The number of halogens is 2. The lowest BCUT2D eigenvalue weighted by Crippen LogP contribution is -2.21. The Morgan fingerprint density at radius 3 is 1.69 bits per heavy atom. The number of hydrogen-bond acceptors (Lipinski definition) is 8. The van der Waals surface area contributed by atoms with Crippen molar-refractivity contribution in [2.24, 2.45) is 5.10 Å². The van der Waals surface area contributed by atoms with Crippen molar-refractivity contribution in [3.8, 4) is 45.5 Å². The molecule has 0 N–H and O–H groups in total.